The first-order chi connectivity index (χ1) is 7.15. The molecule has 2 heteroatoms. The molecule has 2 aliphatic rings. The maximum Gasteiger partial charge on any atom is 0.311 e. The Labute approximate surface area is 89.3 Å². The third kappa shape index (κ3) is 1.46. The molecule has 78 valence electrons. The summed E-state index contributed by atoms with van der Waals surface area (Å²) < 4.78 is 0. The smallest absolute Gasteiger partial charge is 0.311 e. The topological polar surface area (TPSA) is 37.3 Å². The van der Waals surface area contributed by atoms with Crippen LogP contribution in [0.1, 0.15) is 6.92 Å². The molecule has 0 saturated heterocycles. The Balaban J connectivity index is 2.35. The normalized spacial score (nSPS) is 20.6. The molecule has 0 atom stereocenters. The summed E-state index contributed by atoms with van der Waals surface area (Å²) in [4.78, 5) is 11.5. The molecule has 0 heterocycles. The summed E-state index contributed by atoms with van der Waals surface area (Å²) in [6, 6.07) is 0. The summed E-state index contributed by atoms with van der Waals surface area (Å²) in [5, 5.41) is 9.42. The van der Waals surface area contributed by atoms with Crippen molar-refractivity contribution >= 4 is 5.97 Å². The molecule has 2 aliphatic carbocycles. The molecule has 0 aliphatic heterocycles. The Bertz CT molecular complexity index is 333. The van der Waals surface area contributed by atoms with E-state index >= 15 is 0 Å². The molecule has 0 aromatic carbocycles. The van der Waals surface area contributed by atoms with Gasteiger partial charge < -0.3 is 5.11 Å². The first kappa shape index (κ1) is 9.97. The van der Waals surface area contributed by atoms with Crippen LogP contribution in [0.2, 0.25) is 0 Å². The van der Waals surface area contributed by atoms with Crippen LogP contribution in [0.15, 0.2) is 48.6 Å². The summed E-state index contributed by atoms with van der Waals surface area (Å²) in [5.41, 5.74) is -0.771. The molecule has 0 unspecified atom stereocenters. The Hall–Kier alpha value is -1.57. The van der Waals surface area contributed by atoms with Gasteiger partial charge >= 0.3 is 5.97 Å². The standard InChI is InChI=1S/C13H14O2/c1-13(12(14)15,10-6-2-3-7-10)11-8-4-5-9-11/h2-11H,1H3,(H,14,15). The van der Waals surface area contributed by atoms with E-state index in [4.69, 9.17) is 0 Å². The Morgan fingerprint density at radius 1 is 1.00 bits per heavy atom. The monoisotopic (exact) mass is 202 g/mol. The number of carboxylic acid groups (broad SMARTS) is 1. The first-order valence-corrected chi connectivity index (χ1v) is 5.09. The van der Waals surface area contributed by atoms with E-state index < -0.39 is 11.4 Å². The second kappa shape index (κ2) is 3.54. The van der Waals surface area contributed by atoms with E-state index in [1.165, 1.54) is 0 Å². The van der Waals surface area contributed by atoms with Gasteiger partial charge in [0.25, 0.3) is 0 Å². The highest BCUT2D eigenvalue weighted by Gasteiger charge is 2.44. The minimum Gasteiger partial charge on any atom is -0.481 e. The summed E-state index contributed by atoms with van der Waals surface area (Å²) >= 11 is 0. The predicted octanol–water partition coefficient (Wildman–Crippen LogP) is 2.56. The van der Waals surface area contributed by atoms with Gasteiger partial charge in [-0.2, -0.15) is 0 Å². The van der Waals surface area contributed by atoms with Gasteiger partial charge in [0.15, 0.2) is 0 Å². The molecule has 0 aromatic heterocycles. The van der Waals surface area contributed by atoms with Crippen LogP contribution in [0.3, 0.4) is 0 Å². The van der Waals surface area contributed by atoms with Gasteiger partial charge in [-0.25, -0.2) is 0 Å². The number of carboxylic acids is 1. The lowest BCUT2D eigenvalue weighted by atomic mass is 9.68. The molecular formula is C13H14O2. The van der Waals surface area contributed by atoms with Crippen molar-refractivity contribution in [3.63, 3.8) is 0 Å². The lowest BCUT2D eigenvalue weighted by molar-refractivity contribution is -0.150. The molecule has 2 rings (SSSR count). The van der Waals surface area contributed by atoms with Crippen molar-refractivity contribution in [3.8, 4) is 0 Å². The zero-order valence-electron chi connectivity index (χ0n) is 8.63. The Morgan fingerprint density at radius 3 is 1.60 bits per heavy atom. The van der Waals surface area contributed by atoms with Gasteiger partial charge in [0.2, 0.25) is 0 Å². The van der Waals surface area contributed by atoms with Crippen molar-refractivity contribution in [2.75, 3.05) is 0 Å². The summed E-state index contributed by atoms with van der Waals surface area (Å²) in [7, 11) is 0. The molecule has 1 N–H and O–H groups in total. The highest BCUT2D eigenvalue weighted by molar-refractivity contribution is 5.77. The highest BCUT2D eigenvalue weighted by atomic mass is 16.4. The van der Waals surface area contributed by atoms with Crippen LogP contribution in [-0.4, -0.2) is 11.1 Å². The van der Waals surface area contributed by atoms with Crippen LogP contribution in [0.25, 0.3) is 0 Å². The van der Waals surface area contributed by atoms with Crippen molar-refractivity contribution in [1.82, 2.24) is 0 Å². The van der Waals surface area contributed by atoms with Crippen molar-refractivity contribution in [1.29, 1.82) is 0 Å². The number of carbonyl (C=O) groups is 1. The zero-order chi connectivity index (χ0) is 10.9. The Kier molecular flexibility index (Phi) is 2.35. The van der Waals surface area contributed by atoms with Gasteiger partial charge in [-0.3, -0.25) is 4.79 Å². The predicted molar refractivity (Wildman–Crippen MR) is 59.3 cm³/mol. The lowest BCUT2D eigenvalue weighted by Crippen LogP contribution is -2.39. The third-order valence-electron chi connectivity index (χ3n) is 3.34. The van der Waals surface area contributed by atoms with Crippen LogP contribution in [0.4, 0.5) is 0 Å². The second-order valence-corrected chi connectivity index (χ2v) is 4.18. The number of aliphatic carboxylic acids is 1. The fourth-order valence-electron chi connectivity index (χ4n) is 2.17. The minimum absolute atomic E-state index is 0.0209. The van der Waals surface area contributed by atoms with E-state index in [9.17, 15) is 9.90 Å². The van der Waals surface area contributed by atoms with Crippen LogP contribution < -0.4 is 0 Å². The van der Waals surface area contributed by atoms with Gasteiger partial charge in [0, 0.05) is 11.8 Å². The van der Waals surface area contributed by atoms with Crippen molar-refractivity contribution in [2.24, 2.45) is 17.3 Å². The Morgan fingerprint density at radius 2 is 1.33 bits per heavy atom. The fraction of sp³-hybridized carbons (Fsp3) is 0.308. The summed E-state index contributed by atoms with van der Waals surface area (Å²) in [6.45, 7) is 1.81. The molecular weight excluding hydrogens is 188 g/mol. The summed E-state index contributed by atoms with van der Waals surface area (Å²) in [5.74, 6) is -0.787. The average molecular weight is 202 g/mol. The molecule has 0 bridgehead atoms. The SMILES string of the molecule is CC(C(=O)O)(C1C=CC=C1)C1C=CC=C1. The first-order valence-electron chi connectivity index (χ1n) is 5.09. The minimum atomic E-state index is -0.771. The number of hydrogen-bond donors (Lipinski definition) is 1. The molecule has 0 saturated carbocycles. The molecule has 2 nitrogen and oxygen atoms in total. The maximum atomic E-state index is 11.5. The molecule has 0 spiro atoms. The van der Waals surface area contributed by atoms with E-state index in [-0.39, 0.29) is 11.8 Å². The maximum absolute atomic E-state index is 11.5. The highest BCUT2D eigenvalue weighted by Crippen LogP contribution is 2.42. The van der Waals surface area contributed by atoms with Gasteiger partial charge in [-0.05, 0) is 6.92 Å². The number of hydrogen-bond acceptors (Lipinski definition) is 1. The van der Waals surface area contributed by atoms with Gasteiger partial charge in [0.1, 0.15) is 0 Å². The fourth-order valence-corrected chi connectivity index (χ4v) is 2.17. The van der Waals surface area contributed by atoms with Crippen LogP contribution >= 0.6 is 0 Å². The van der Waals surface area contributed by atoms with E-state index in [2.05, 4.69) is 0 Å². The molecule has 0 aromatic rings. The average Bonchev–Trinajstić information content (AvgIpc) is 2.89. The number of rotatable bonds is 3. The number of allylic oxidation sites excluding steroid dienone is 8. The third-order valence-corrected chi connectivity index (χ3v) is 3.34. The quantitative estimate of drug-likeness (QED) is 0.763. The molecule has 0 fully saturated rings. The van der Waals surface area contributed by atoms with E-state index in [0.29, 0.717) is 0 Å². The van der Waals surface area contributed by atoms with Crippen LogP contribution in [0, 0.1) is 17.3 Å². The lowest BCUT2D eigenvalue weighted by Gasteiger charge is -2.33. The van der Waals surface area contributed by atoms with E-state index in [1.807, 2.05) is 55.5 Å². The van der Waals surface area contributed by atoms with Crippen LogP contribution in [0.5, 0.6) is 0 Å². The zero-order valence-corrected chi connectivity index (χ0v) is 8.63. The van der Waals surface area contributed by atoms with Gasteiger partial charge in [-0.15, -0.1) is 0 Å². The molecule has 0 radical (unpaired) electrons. The summed E-state index contributed by atoms with van der Waals surface area (Å²) in [6.07, 6.45) is 15.5. The van der Waals surface area contributed by atoms with Gasteiger partial charge in [-0.1, -0.05) is 48.6 Å². The van der Waals surface area contributed by atoms with Crippen molar-refractivity contribution in [2.45, 2.75) is 6.92 Å². The van der Waals surface area contributed by atoms with Crippen molar-refractivity contribution < 1.29 is 9.90 Å². The van der Waals surface area contributed by atoms with E-state index in [1.54, 1.807) is 0 Å². The van der Waals surface area contributed by atoms with Crippen molar-refractivity contribution in [3.05, 3.63) is 48.6 Å². The van der Waals surface area contributed by atoms with Gasteiger partial charge in [0.05, 0.1) is 5.41 Å². The van der Waals surface area contributed by atoms with Crippen LogP contribution in [-0.2, 0) is 4.79 Å². The second-order valence-electron chi connectivity index (χ2n) is 4.18. The molecule has 0 amide bonds. The largest absolute Gasteiger partial charge is 0.481 e. The molecule has 15 heavy (non-hydrogen) atoms. The van der Waals surface area contributed by atoms with E-state index in [0.717, 1.165) is 0 Å².